The summed E-state index contributed by atoms with van der Waals surface area (Å²) >= 11 is 0. The van der Waals surface area contributed by atoms with Gasteiger partial charge in [-0.25, -0.2) is 4.39 Å². The van der Waals surface area contributed by atoms with Gasteiger partial charge in [-0.1, -0.05) is 13.8 Å². The highest BCUT2D eigenvalue weighted by Gasteiger charge is 2.30. The molecule has 3 nitrogen and oxygen atoms in total. The SMILES string of the molecule is CC(C)C(C)(O)CNC(=O)C(C)(C)F. The summed E-state index contributed by atoms with van der Waals surface area (Å²) in [6.45, 7) is 7.73. The largest absolute Gasteiger partial charge is 0.388 e. The van der Waals surface area contributed by atoms with Crippen LogP contribution in [0.3, 0.4) is 0 Å². The minimum Gasteiger partial charge on any atom is -0.388 e. The minimum atomic E-state index is -1.90. The van der Waals surface area contributed by atoms with Gasteiger partial charge >= 0.3 is 0 Å². The van der Waals surface area contributed by atoms with Crippen LogP contribution >= 0.6 is 0 Å². The Balaban J connectivity index is 4.14. The van der Waals surface area contributed by atoms with Crippen molar-refractivity contribution < 1.29 is 14.3 Å². The number of carbonyl (C=O) groups is 1. The molecule has 0 bridgehead atoms. The number of amides is 1. The Labute approximate surface area is 84.7 Å². The molecule has 0 aliphatic heterocycles. The number of rotatable bonds is 4. The molecule has 0 fully saturated rings. The molecule has 1 unspecified atom stereocenters. The molecule has 0 rings (SSSR count). The lowest BCUT2D eigenvalue weighted by Crippen LogP contribution is -2.48. The van der Waals surface area contributed by atoms with Crippen LogP contribution in [0.2, 0.25) is 0 Å². The molecular formula is C10H20FNO2. The molecule has 0 spiro atoms. The molecule has 0 aromatic rings. The molecule has 1 amide bonds. The molecule has 0 aliphatic carbocycles. The summed E-state index contributed by atoms with van der Waals surface area (Å²) in [6.07, 6.45) is 0. The second-order valence-corrected chi connectivity index (χ2v) is 4.67. The first-order valence-corrected chi connectivity index (χ1v) is 4.77. The Kier molecular flexibility index (Phi) is 4.06. The smallest absolute Gasteiger partial charge is 0.257 e. The van der Waals surface area contributed by atoms with E-state index in [1.807, 2.05) is 13.8 Å². The maximum Gasteiger partial charge on any atom is 0.257 e. The number of nitrogens with one attached hydrogen (secondary N) is 1. The van der Waals surface area contributed by atoms with Crippen molar-refractivity contribution in [1.82, 2.24) is 5.32 Å². The fraction of sp³-hybridized carbons (Fsp3) is 0.900. The predicted molar refractivity (Wildman–Crippen MR) is 53.7 cm³/mol. The van der Waals surface area contributed by atoms with E-state index >= 15 is 0 Å². The number of alkyl halides is 1. The summed E-state index contributed by atoms with van der Waals surface area (Å²) in [4.78, 5) is 11.1. The zero-order valence-corrected chi connectivity index (χ0v) is 9.52. The van der Waals surface area contributed by atoms with Crippen molar-refractivity contribution in [2.75, 3.05) is 6.54 Å². The number of hydrogen-bond donors (Lipinski definition) is 2. The van der Waals surface area contributed by atoms with E-state index in [-0.39, 0.29) is 12.5 Å². The van der Waals surface area contributed by atoms with Gasteiger partial charge in [-0.15, -0.1) is 0 Å². The lowest BCUT2D eigenvalue weighted by molar-refractivity contribution is -0.132. The summed E-state index contributed by atoms with van der Waals surface area (Å²) in [5.41, 5.74) is -2.89. The standard InChI is InChI=1S/C10H20FNO2/c1-7(2)10(5,14)6-12-8(13)9(3,4)11/h7,14H,6H2,1-5H3,(H,12,13). The first-order chi connectivity index (χ1) is 6.07. The van der Waals surface area contributed by atoms with E-state index in [1.165, 1.54) is 13.8 Å². The molecule has 0 saturated carbocycles. The van der Waals surface area contributed by atoms with Gasteiger partial charge in [-0.3, -0.25) is 4.79 Å². The third-order valence-electron chi connectivity index (χ3n) is 2.39. The quantitative estimate of drug-likeness (QED) is 0.726. The van der Waals surface area contributed by atoms with Crippen LogP contribution in [-0.4, -0.2) is 28.8 Å². The summed E-state index contributed by atoms with van der Waals surface area (Å²) in [6, 6.07) is 0. The molecule has 0 aliphatic rings. The van der Waals surface area contributed by atoms with Gasteiger partial charge in [0.05, 0.1) is 5.60 Å². The predicted octanol–water partition coefficient (Wildman–Crippen LogP) is 1.26. The second kappa shape index (κ2) is 4.26. The molecule has 2 N–H and O–H groups in total. The molecule has 0 aromatic carbocycles. The van der Waals surface area contributed by atoms with Crippen LogP contribution in [0.5, 0.6) is 0 Å². The van der Waals surface area contributed by atoms with Crippen LogP contribution < -0.4 is 5.32 Å². The fourth-order valence-electron chi connectivity index (χ4n) is 0.674. The van der Waals surface area contributed by atoms with Crippen LogP contribution in [0.4, 0.5) is 4.39 Å². The van der Waals surface area contributed by atoms with Gasteiger partial charge in [-0.2, -0.15) is 0 Å². The fourth-order valence-corrected chi connectivity index (χ4v) is 0.674. The number of aliphatic hydroxyl groups is 1. The van der Waals surface area contributed by atoms with Crippen LogP contribution in [0.25, 0.3) is 0 Å². The zero-order valence-electron chi connectivity index (χ0n) is 9.52. The minimum absolute atomic E-state index is 0.00511. The number of carbonyl (C=O) groups excluding carboxylic acids is 1. The van der Waals surface area contributed by atoms with E-state index in [0.29, 0.717) is 0 Å². The average molecular weight is 205 g/mol. The van der Waals surface area contributed by atoms with Gasteiger partial charge in [0.1, 0.15) is 0 Å². The molecular weight excluding hydrogens is 185 g/mol. The highest BCUT2D eigenvalue weighted by molar-refractivity contribution is 5.84. The lowest BCUT2D eigenvalue weighted by Gasteiger charge is -2.28. The first-order valence-electron chi connectivity index (χ1n) is 4.77. The summed E-state index contributed by atoms with van der Waals surface area (Å²) in [5.74, 6) is -0.691. The second-order valence-electron chi connectivity index (χ2n) is 4.67. The van der Waals surface area contributed by atoms with Gasteiger partial charge in [0.2, 0.25) is 0 Å². The van der Waals surface area contributed by atoms with Crippen LogP contribution in [0.15, 0.2) is 0 Å². The Bertz CT molecular complexity index is 207. The van der Waals surface area contributed by atoms with Crippen molar-refractivity contribution in [1.29, 1.82) is 0 Å². The topological polar surface area (TPSA) is 49.3 Å². The van der Waals surface area contributed by atoms with Gasteiger partial charge in [0.25, 0.3) is 5.91 Å². The Morgan fingerprint density at radius 3 is 2.14 bits per heavy atom. The normalized spacial score (nSPS) is 16.6. The molecule has 0 saturated heterocycles. The molecule has 0 radical (unpaired) electrons. The van der Waals surface area contributed by atoms with E-state index in [4.69, 9.17) is 0 Å². The Morgan fingerprint density at radius 2 is 1.86 bits per heavy atom. The van der Waals surface area contributed by atoms with Crippen molar-refractivity contribution in [3.8, 4) is 0 Å². The van der Waals surface area contributed by atoms with Crippen molar-refractivity contribution >= 4 is 5.91 Å². The number of halogens is 1. The third-order valence-corrected chi connectivity index (χ3v) is 2.39. The summed E-state index contributed by atoms with van der Waals surface area (Å²) < 4.78 is 13.1. The molecule has 84 valence electrons. The van der Waals surface area contributed by atoms with Crippen LogP contribution in [0.1, 0.15) is 34.6 Å². The summed E-state index contributed by atoms with van der Waals surface area (Å²) in [5, 5.41) is 12.1. The first kappa shape index (κ1) is 13.4. The van der Waals surface area contributed by atoms with Gasteiger partial charge in [0, 0.05) is 6.54 Å². The van der Waals surface area contributed by atoms with Gasteiger partial charge in [0.15, 0.2) is 5.67 Å². The molecule has 1 atom stereocenters. The van der Waals surface area contributed by atoms with E-state index in [2.05, 4.69) is 5.32 Å². The zero-order chi connectivity index (χ0) is 11.6. The Morgan fingerprint density at radius 1 is 1.43 bits per heavy atom. The third kappa shape index (κ3) is 4.05. The lowest BCUT2D eigenvalue weighted by atomic mass is 9.92. The maximum absolute atomic E-state index is 13.1. The molecule has 0 aromatic heterocycles. The maximum atomic E-state index is 13.1. The highest BCUT2D eigenvalue weighted by Crippen LogP contribution is 2.15. The van der Waals surface area contributed by atoms with Crippen LogP contribution in [0, 0.1) is 5.92 Å². The van der Waals surface area contributed by atoms with Crippen molar-refractivity contribution in [2.24, 2.45) is 5.92 Å². The highest BCUT2D eigenvalue weighted by atomic mass is 19.1. The number of hydrogen-bond acceptors (Lipinski definition) is 2. The van der Waals surface area contributed by atoms with E-state index in [0.717, 1.165) is 0 Å². The van der Waals surface area contributed by atoms with E-state index in [9.17, 15) is 14.3 Å². The summed E-state index contributed by atoms with van der Waals surface area (Å²) in [7, 11) is 0. The van der Waals surface area contributed by atoms with Crippen LogP contribution in [-0.2, 0) is 4.79 Å². The Hall–Kier alpha value is -0.640. The van der Waals surface area contributed by atoms with Crippen molar-refractivity contribution in [3.05, 3.63) is 0 Å². The van der Waals surface area contributed by atoms with Crippen molar-refractivity contribution in [3.63, 3.8) is 0 Å². The van der Waals surface area contributed by atoms with Gasteiger partial charge < -0.3 is 10.4 Å². The molecule has 14 heavy (non-hydrogen) atoms. The molecule has 0 heterocycles. The van der Waals surface area contributed by atoms with E-state index < -0.39 is 17.2 Å². The van der Waals surface area contributed by atoms with Crippen molar-refractivity contribution in [2.45, 2.75) is 45.9 Å². The monoisotopic (exact) mass is 205 g/mol. The van der Waals surface area contributed by atoms with Gasteiger partial charge in [-0.05, 0) is 26.7 Å². The average Bonchev–Trinajstić information content (AvgIpc) is 1.98. The van der Waals surface area contributed by atoms with E-state index in [1.54, 1.807) is 6.92 Å². The molecule has 4 heteroatoms.